The largest absolute Gasteiger partial charge is 0.461 e. The van der Waals surface area contributed by atoms with Gasteiger partial charge in [0.1, 0.15) is 11.7 Å². The second kappa shape index (κ2) is 11.8. The third-order valence-electron chi connectivity index (χ3n) is 6.57. The van der Waals surface area contributed by atoms with Crippen LogP contribution in [-0.4, -0.2) is 40.0 Å². The minimum absolute atomic E-state index is 0.158. The molecule has 2 atom stereocenters. The predicted octanol–water partition coefficient (Wildman–Crippen LogP) is 5.67. The number of esters is 1. The molecule has 5 heteroatoms. The molecule has 178 valence electrons. The molecule has 34 heavy (non-hydrogen) atoms. The first-order chi connectivity index (χ1) is 16.6. The fourth-order valence-corrected chi connectivity index (χ4v) is 5.32. The smallest absolute Gasteiger partial charge is 0.306 e. The van der Waals surface area contributed by atoms with Crippen molar-refractivity contribution in [3.8, 4) is 0 Å². The molecule has 0 radical (unpaired) electrons. The summed E-state index contributed by atoms with van der Waals surface area (Å²) in [4.78, 5) is 14.8. The first kappa shape index (κ1) is 24.6. The highest BCUT2D eigenvalue weighted by atomic mass is 79.9. The second-order valence-corrected chi connectivity index (χ2v) is 9.72. The van der Waals surface area contributed by atoms with E-state index in [4.69, 9.17) is 4.74 Å². The van der Waals surface area contributed by atoms with Crippen LogP contribution in [0.2, 0.25) is 0 Å². The van der Waals surface area contributed by atoms with Gasteiger partial charge in [-0.1, -0.05) is 107 Å². The van der Waals surface area contributed by atoms with Gasteiger partial charge in [-0.2, -0.15) is 0 Å². The Bertz CT molecular complexity index is 990. The minimum atomic E-state index is -1.24. The maximum Gasteiger partial charge on any atom is 0.306 e. The summed E-state index contributed by atoms with van der Waals surface area (Å²) in [6.45, 7) is 1.26. The first-order valence-corrected chi connectivity index (χ1v) is 13.1. The number of unbranched alkanes of at least 4 members (excludes halogenated alkanes) is 1. The lowest BCUT2D eigenvalue weighted by Gasteiger charge is -2.40. The number of carbonyl (C=O) groups excluding carboxylic acids is 1. The zero-order valence-electron chi connectivity index (χ0n) is 19.4. The number of ether oxygens (including phenoxy) is 1. The lowest BCUT2D eigenvalue weighted by atomic mass is 9.78. The Morgan fingerprint density at radius 3 is 2.03 bits per heavy atom. The molecule has 0 aliphatic carbocycles. The first-order valence-electron chi connectivity index (χ1n) is 12.0. The van der Waals surface area contributed by atoms with Gasteiger partial charge in [-0.25, -0.2) is 0 Å². The molecule has 1 fully saturated rings. The van der Waals surface area contributed by atoms with Crippen molar-refractivity contribution in [3.63, 3.8) is 0 Å². The monoisotopic (exact) mass is 521 g/mol. The van der Waals surface area contributed by atoms with Crippen molar-refractivity contribution in [1.82, 2.24) is 4.90 Å². The Morgan fingerprint density at radius 1 is 0.912 bits per heavy atom. The van der Waals surface area contributed by atoms with E-state index in [9.17, 15) is 9.90 Å². The van der Waals surface area contributed by atoms with E-state index >= 15 is 0 Å². The lowest BCUT2D eigenvalue weighted by molar-refractivity contribution is -0.148. The lowest BCUT2D eigenvalue weighted by Crippen LogP contribution is -2.48. The molecule has 1 saturated heterocycles. The molecule has 1 heterocycles. The standard InChI is InChI=1S/C29H32BrNO3/c30-19-11-10-18-28(32)34-26-20-27(31(22-26)21-23-12-4-1-5-13-23)29(33,24-14-6-2-7-15-24)25-16-8-3-9-17-25/h1-9,12-17,26-27,33H,10-11,18-22H2/t26-,27-/m1/s1. The van der Waals surface area contributed by atoms with E-state index in [1.807, 2.05) is 78.9 Å². The van der Waals surface area contributed by atoms with Crippen molar-refractivity contribution in [1.29, 1.82) is 0 Å². The van der Waals surface area contributed by atoms with Crippen LogP contribution in [0.4, 0.5) is 0 Å². The summed E-state index contributed by atoms with van der Waals surface area (Å²) in [7, 11) is 0. The van der Waals surface area contributed by atoms with Gasteiger partial charge in [-0.15, -0.1) is 0 Å². The van der Waals surface area contributed by atoms with Gasteiger partial charge in [0.2, 0.25) is 0 Å². The van der Waals surface area contributed by atoms with E-state index in [0.717, 1.165) is 29.3 Å². The fourth-order valence-electron chi connectivity index (χ4n) is 4.92. The molecular formula is C29H32BrNO3. The molecule has 1 aliphatic rings. The SMILES string of the molecule is O=C(CCCCBr)O[C@@H]1C[C@H](C(O)(c2ccccc2)c2ccccc2)N(Cc2ccccc2)C1. The van der Waals surface area contributed by atoms with Crippen LogP contribution in [-0.2, 0) is 21.7 Å². The van der Waals surface area contributed by atoms with E-state index in [1.165, 1.54) is 5.56 Å². The summed E-state index contributed by atoms with van der Waals surface area (Å²) < 4.78 is 5.92. The summed E-state index contributed by atoms with van der Waals surface area (Å²) in [6, 6.07) is 29.7. The molecule has 0 unspecified atom stereocenters. The van der Waals surface area contributed by atoms with Gasteiger partial charge < -0.3 is 9.84 Å². The van der Waals surface area contributed by atoms with Crippen LogP contribution in [0.1, 0.15) is 42.4 Å². The normalized spacial score (nSPS) is 18.6. The highest BCUT2D eigenvalue weighted by Gasteiger charge is 2.49. The average Bonchev–Trinajstić information content (AvgIpc) is 3.27. The Balaban J connectivity index is 1.66. The molecule has 3 aromatic carbocycles. The second-order valence-electron chi connectivity index (χ2n) is 8.92. The summed E-state index contributed by atoms with van der Waals surface area (Å²) in [5.41, 5.74) is 1.61. The van der Waals surface area contributed by atoms with Crippen molar-refractivity contribution in [3.05, 3.63) is 108 Å². The molecule has 0 spiro atoms. The van der Waals surface area contributed by atoms with Gasteiger partial charge in [0.15, 0.2) is 0 Å². The molecule has 0 saturated carbocycles. The number of nitrogens with zero attached hydrogens (tertiary/aromatic N) is 1. The minimum Gasteiger partial charge on any atom is -0.461 e. The predicted molar refractivity (Wildman–Crippen MR) is 139 cm³/mol. The molecule has 4 rings (SSSR count). The quantitative estimate of drug-likeness (QED) is 0.212. The van der Waals surface area contributed by atoms with Gasteiger partial charge in [0.25, 0.3) is 0 Å². The molecule has 0 bridgehead atoms. The van der Waals surface area contributed by atoms with Crippen LogP contribution in [0.5, 0.6) is 0 Å². The van der Waals surface area contributed by atoms with Gasteiger partial charge >= 0.3 is 5.97 Å². The van der Waals surface area contributed by atoms with E-state index in [1.54, 1.807) is 0 Å². The van der Waals surface area contributed by atoms with Crippen molar-refractivity contribution >= 4 is 21.9 Å². The fraction of sp³-hybridized carbons (Fsp3) is 0.345. The number of rotatable bonds is 10. The Hall–Kier alpha value is -2.47. The Morgan fingerprint density at radius 2 is 1.47 bits per heavy atom. The van der Waals surface area contributed by atoms with Crippen LogP contribution in [0.3, 0.4) is 0 Å². The number of aliphatic hydroxyl groups is 1. The zero-order valence-corrected chi connectivity index (χ0v) is 20.9. The highest BCUT2D eigenvalue weighted by Crippen LogP contribution is 2.41. The zero-order chi connectivity index (χ0) is 23.8. The van der Waals surface area contributed by atoms with E-state index in [-0.39, 0.29) is 18.1 Å². The Labute approximate surface area is 210 Å². The number of likely N-dealkylation sites (tertiary alicyclic amines) is 1. The topological polar surface area (TPSA) is 49.8 Å². The molecular weight excluding hydrogens is 490 g/mol. The molecule has 4 nitrogen and oxygen atoms in total. The van der Waals surface area contributed by atoms with Gasteiger partial charge in [-0.3, -0.25) is 9.69 Å². The maximum atomic E-state index is 12.5. The Kier molecular flexibility index (Phi) is 8.54. The number of hydrogen-bond donors (Lipinski definition) is 1. The van der Waals surface area contributed by atoms with Gasteiger partial charge in [0, 0.05) is 31.3 Å². The number of hydrogen-bond acceptors (Lipinski definition) is 4. The summed E-state index contributed by atoms with van der Waals surface area (Å²) in [6.07, 6.45) is 2.49. The summed E-state index contributed by atoms with van der Waals surface area (Å²) in [5, 5.41) is 13.3. The molecule has 0 amide bonds. The third kappa shape index (κ3) is 5.77. The van der Waals surface area contributed by atoms with Crippen molar-refractivity contribution in [2.45, 2.75) is 50.0 Å². The number of alkyl halides is 1. The van der Waals surface area contributed by atoms with Crippen LogP contribution < -0.4 is 0 Å². The van der Waals surface area contributed by atoms with E-state index in [2.05, 4.69) is 33.0 Å². The number of benzene rings is 3. The summed E-state index contributed by atoms with van der Waals surface area (Å²) >= 11 is 3.41. The van der Waals surface area contributed by atoms with Crippen molar-refractivity contribution in [2.24, 2.45) is 0 Å². The number of halogens is 1. The van der Waals surface area contributed by atoms with Gasteiger partial charge in [0.05, 0.1) is 6.04 Å². The highest BCUT2D eigenvalue weighted by molar-refractivity contribution is 9.09. The molecule has 1 aliphatic heterocycles. The van der Waals surface area contributed by atoms with Gasteiger partial charge in [-0.05, 0) is 29.5 Å². The van der Waals surface area contributed by atoms with Crippen LogP contribution in [0.25, 0.3) is 0 Å². The third-order valence-corrected chi connectivity index (χ3v) is 7.13. The van der Waals surface area contributed by atoms with Crippen LogP contribution >= 0.6 is 15.9 Å². The molecule has 1 N–H and O–H groups in total. The molecule has 3 aromatic rings. The van der Waals surface area contributed by atoms with Crippen molar-refractivity contribution < 1.29 is 14.6 Å². The van der Waals surface area contributed by atoms with Crippen LogP contribution in [0.15, 0.2) is 91.0 Å². The van der Waals surface area contributed by atoms with E-state index < -0.39 is 5.60 Å². The number of carbonyl (C=O) groups is 1. The van der Waals surface area contributed by atoms with E-state index in [0.29, 0.717) is 25.9 Å². The van der Waals surface area contributed by atoms with Crippen molar-refractivity contribution in [2.75, 3.05) is 11.9 Å². The van der Waals surface area contributed by atoms with Crippen LogP contribution in [0, 0.1) is 0 Å². The summed E-state index contributed by atoms with van der Waals surface area (Å²) in [5.74, 6) is -0.158. The molecule has 0 aromatic heterocycles. The average molecular weight is 522 g/mol. The maximum absolute atomic E-state index is 12.5.